The Hall–Kier alpha value is -11.8. The number of fused-ring (bicyclic) bond motifs is 2. The van der Waals surface area contributed by atoms with Crippen LogP contribution in [0.1, 0.15) is 159 Å². The number of hydrogen-bond donors (Lipinski definition) is 21. The number of amides is 16. The molecular formula is C87H130N20O18S. The number of nitrogens with one attached hydrogen (secondary N) is 16. The van der Waals surface area contributed by atoms with E-state index in [1.165, 1.54) is 55.3 Å². The van der Waals surface area contributed by atoms with E-state index in [4.69, 9.17) is 27.7 Å². The second-order valence-electron chi connectivity index (χ2n) is 32.5. The molecule has 692 valence electrons. The highest BCUT2D eigenvalue weighted by Crippen LogP contribution is 2.24. The van der Waals surface area contributed by atoms with Crippen LogP contribution in [0.5, 0.6) is 11.5 Å². The molecule has 4 aromatic carbocycles. The highest BCUT2D eigenvalue weighted by atomic mass is 32.2. The minimum atomic E-state index is -1.56. The third kappa shape index (κ3) is 36.4. The van der Waals surface area contributed by atoms with Crippen molar-refractivity contribution in [1.82, 2.24) is 80.0 Å². The Morgan fingerprint density at radius 1 is 0.413 bits per heavy atom. The van der Waals surface area contributed by atoms with Crippen molar-refractivity contribution in [3.8, 4) is 11.5 Å². The van der Waals surface area contributed by atoms with Crippen molar-refractivity contribution in [2.24, 2.45) is 46.6 Å². The zero-order valence-corrected chi connectivity index (χ0v) is 74.3. The minimum Gasteiger partial charge on any atom is -0.508 e. The molecule has 0 saturated carbocycles. The van der Waals surface area contributed by atoms with Gasteiger partial charge in [-0.25, -0.2) is 0 Å². The predicted octanol–water partition coefficient (Wildman–Crippen LogP) is -0.721. The number of carbonyl (C=O) groups is 16. The molecule has 12 atom stereocenters. The number of anilines is 1. The monoisotopic (exact) mass is 1770 g/mol. The second kappa shape index (κ2) is 54.8. The number of benzene rings is 4. The zero-order valence-electron chi connectivity index (χ0n) is 73.5. The minimum absolute atomic E-state index is 0.0182. The summed E-state index contributed by atoms with van der Waals surface area (Å²) >= 11 is 1.38. The van der Waals surface area contributed by atoms with Crippen LogP contribution in [0.4, 0.5) is 5.69 Å². The van der Waals surface area contributed by atoms with Gasteiger partial charge >= 0.3 is 11.8 Å². The molecule has 25 N–H and O–H groups in total. The Bertz CT molecular complexity index is 4280. The lowest BCUT2D eigenvalue weighted by molar-refractivity contribution is -0.138. The highest BCUT2D eigenvalue weighted by molar-refractivity contribution is 7.98. The van der Waals surface area contributed by atoms with Crippen LogP contribution in [0.3, 0.4) is 0 Å². The van der Waals surface area contributed by atoms with Gasteiger partial charge in [0.25, 0.3) is 11.8 Å². The average molecular weight is 1780 g/mol. The lowest BCUT2D eigenvalue weighted by atomic mass is 9.99. The van der Waals surface area contributed by atoms with Gasteiger partial charge in [-0.2, -0.15) is 11.8 Å². The fourth-order valence-electron chi connectivity index (χ4n) is 13.4. The molecule has 0 fully saturated rings. The Morgan fingerprint density at radius 3 is 1.36 bits per heavy atom. The first-order chi connectivity index (χ1) is 60.0. The largest absolute Gasteiger partial charge is 0.508 e. The van der Waals surface area contributed by atoms with Crippen LogP contribution < -0.4 is 113 Å². The molecule has 1 aliphatic rings. The maximum Gasteiger partial charge on any atom is 0.313 e. The fraction of sp³-hybridized carbons (Fsp3) is 0.540. The smallest absolute Gasteiger partial charge is 0.313 e. The van der Waals surface area contributed by atoms with Gasteiger partial charge in [-0.3, -0.25) is 87.6 Å². The number of carbonyl (C=O) groups excluding carboxylic acids is 16. The summed E-state index contributed by atoms with van der Waals surface area (Å²) in [7, 11) is 1.24. The van der Waals surface area contributed by atoms with E-state index in [0.717, 1.165) is 6.07 Å². The Labute approximate surface area is 739 Å². The third-order valence-corrected chi connectivity index (χ3v) is 21.3. The molecule has 39 heteroatoms. The molecule has 1 heterocycles. The molecule has 0 aromatic heterocycles. The van der Waals surface area contributed by atoms with Crippen LogP contribution in [0.2, 0.25) is 0 Å². The number of unbranched alkanes of at least 4 members (excludes halogenated alkanes) is 2. The lowest BCUT2D eigenvalue weighted by Crippen LogP contribution is -2.60. The van der Waals surface area contributed by atoms with Crippen LogP contribution in [-0.2, 0) is 91.2 Å². The Morgan fingerprint density at radius 2 is 0.833 bits per heavy atom. The van der Waals surface area contributed by atoms with E-state index in [0.29, 0.717) is 48.1 Å². The van der Waals surface area contributed by atoms with Gasteiger partial charge in [0.15, 0.2) is 0 Å². The van der Waals surface area contributed by atoms with E-state index in [1.54, 1.807) is 108 Å². The van der Waals surface area contributed by atoms with Gasteiger partial charge < -0.3 is 107 Å². The number of aromatic hydroxyl groups is 1. The number of hydrazine groups is 1. The van der Waals surface area contributed by atoms with Crippen molar-refractivity contribution in [2.45, 2.75) is 224 Å². The summed E-state index contributed by atoms with van der Waals surface area (Å²) in [6.07, 6.45) is 3.30. The molecule has 1 aliphatic heterocycles. The number of phenolic OH excluding ortho intramolecular Hbond substituents is 1. The number of thioether (sulfide) groups is 1. The van der Waals surface area contributed by atoms with Crippen LogP contribution in [-0.4, -0.2) is 224 Å². The zero-order chi connectivity index (χ0) is 93.1. The molecule has 126 heavy (non-hydrogen) atoms. The summed E-state index contributed by atoms with van der Waals surface area (Å²) in [5.74, 6) is -15.4. The Kier molecular flexibility index (Phi) is 45.6. The number of ether oxygens (including phenoxy) is 1. The van der Waals surface area contributed by atoms with Crippen molar-refractivity contribution >= 4 is 112 Å². The quantitative estimate of drug-likeness (QED) is 0.0322. The lowest BCUT2D eigenvalue weighted by Gasteiger charge is -2.29. The molecule has 38 nitrogen and oxygen atoms in total. The standard InChI is InChI=1S/C87H130N20O18S/c1-49(2)43-64-80(117)98-63(37-42-126-10)79(116)104-72(52(7)8)84(121)101-65(44-53-23-13-11-14-24-53)77(114)94-48-69(109)103-71(51(5)6)85(122)105-70(50(3)4)83(120)93-41-22-28-59(90)74(111)96-62(30-18-20-39-89)78(115)100-67(45-54-25-15-12-16-26-54)82(119)107-106-73(110)58-47-56(33-36-68(58)125-9)95-86(123)87(124)102-66(46-55-31-34-57(108)35-32-55)81(118)97-61(29-17-19-38-88)76(113)92-40-21-27-60(91)75(112)99-64/h11-16,23-26,31-36,47,49-52,59-67,70-72,108H,17-22,27-30,37-46,48,88-91H2,1-10H3,(H,92,113)(H,93,120)(H,94,114)(H,95,123)(H,96,111)(H,97,118)(H,98,117)(H,99,112)(H,100,115)(H,101,121)(H,102,124)(H,103,109)(H,104,116)(H,105,122)(H,106,110)(H,107,119)/t59-,60-,61-,62-,63-,64-,65-,66-,67-,70-,71-,72-/m0/s1. The van der Waals surface area contributed by atoms with E-state index >= 15 is 0 Å². The predicted molar refractivity (Wildman–Crippen MR) is 475 cm³/mol. The summed E-state index contributed by atoms with van der Waals surface area (Å²) in [6.45, 7) is 13.3. The first-order valence-corrected chi connectivity index (χ1v) is 44.1. The highest BCUT2D eigenvalue weighted by Gasteiger charge is 2.38. The van der Waals surface area contributed by atoms with Crippen molar-refractivity contribution in [3.05, 3.63) is 125 Å². The number of hydrogen-bond acceptors (Lipinski definition) is 23. The van der Waals surface area contributed by atoms with Crippen LogP contribution >= 0.6 is 11.8 Å². The van der Waals surface area contributed by atoms with E-state index < -0.39 is 191 Å². The third-order valence-electron chi connectivity index (χ3n) is 20.6. The molecule has 0 unspecified atom stereocenters. The maximum absolute atomic E-state index is 14.5. The first-order valence-electron chi connectivity index (χ1n) is 42.7. The summed E-state index contributed by atoms with van der Waals surface area (Å²) in [5, 5.41) is 47.5. The number of rotatable bonds is 23. The summed E-state index contributed by atoms with van der Waals surface area (Å²) in [5.41, 5.74) is 30.3. The number of methoxy groups -OCH3 is 1. The number of phenols is 1. The van der Waals surface area contributed by atoms with Gasteiger partial charge in [-0.15, -0.1) is 0 Å². The van der Waals surface area contributed by atoms with Gasteiger partial charge in [-0.05, 0) is 173 Å². The SMILES string of the molecule is COc1ccc2cc1C(=O)NNC(=O)[C@H](Cc1ccccc1)NC(=O)[C@H](CCCCN)NC(=O)[C@@H](N)CCCNC(=O)[C@H](C(C)C)NC(=O)[C@H](C(C)C)NC(=O)CNC(=O)[C@H](Cc1ccccc1)NC(=O)[C@H](C(C)C)NC(=O)[C@H](CCSC)NC(=O)[C@H](CC(C)C)NC(=O)[C@@H](N)CCCNC(=O)[C@H](CCCCN)NC(=O)[C@H](Cc1ccc(O)cc1)NC(=O)C(=O)N2. The van der Waals surface area contributed by atoms with Gasteiger partial charge in [0, 0.05) is 38.0 Å². The number of nitrogens with two attached hydrogens (primary N) is 4. The van der Waals surface area contributed by atoms with Gasteiger partial charge in [0.2, 0.25) is 70.9 Å². The van der Waals surface area contributed by atoms with Gasteiger partial charge in [0.05, 0.1) is 31.3 Å². The summed E-state index contributed by atoms with van der Waals surface area (Å²) in [4.78, 5) is 226. The van der Waals surface area contributed by atoms with Crippen LogP contribution in [0.25, 0.3) is 0 Å². The van der Waals surface area contributed by atoms with Gasteiger partial charge in [0.1, 0.15) is 71.9 Å². The topological polar surface area (TPSA) is 599 Å². The van der Waals surface area contributed by atoms with Gasteiger partial charge in [-0.1, -0.05) is 128 Å². The van der Waals surface area contributed by atoms with E-state index in [9.17, 15) is 81.8 Å². The molecule has 0 saturated heterocycles. The molecule has 16 amide bonds. The molecule has 4 aromatic rings. The molecule has 0 radical (unpaired) electrons. The average Bonchev–Trinajstić information content (AvgIpc) is 0.842. The fourth-order valence-corrected chi connectivity index (χ4v) is 13.9. The van der Waals surface area contributed by atoms with Crippen molar-refractivity contribution < 1.29 is 86.6 Å². The molecule has 2 bridgehead atoms. The van der Waals surface area contributed by atoms with Crippen molar-refractivity contribution in [2.75, 3.05) is 57.2 Å². The van der Waals surface area contributed by atoms with E-state index in [-0.39, 0.29) is 125 Å². The summed E-state index contributed by atoms with van der Waals surface area (Å²) < 4.78 is 5.45. The van der Waals surface area contributed by atoms with E-state index in [1.807, 2.05) is 13.8 Å². The van der Waals surface area contributed by atoms with Crippen molar-refractivity contribution in [1.29, 1.82) is 0 Å². The van der Waals surface area contributed by atoms with Crippen LogP contribution in [0.15, 0.2) is 103 Å². The molecular weight excluding hydrogens is 1650 g/mol. The first kappa shape index (κ1) is 105. The van der Waals surface area contributed by atoms with E-state index in [2.05, 4.69) is 85.3 Å². The Balaban J connectivity index is 1.47. The maximum atomic E-state index is 14.5. The molecule has 5 rings (SSSR count). The summed E-state index contributed by atoms with van der Waals surface area (Å²) in [6, 6.07) is 11.0. The van der Waals surface area contributed by atoms with Crippen LogP contribution in [0, 0.1) is 23.7 Å². The second-order valence-corrected chi connectivity index (χ2v) is 33.5. The molecule has 0 spiro atoms. The van der Waals surface area contributed by atoms with Crippen molar-refractivity contribution in [3.63, 3.8) is 0 Å². The molecule has 0 aliphatic carbocycles. The normalized spacial score (nSPS) is 23.3.